The SMILES string of the molecule is CC(CCc1ccc2c(c1)N[C@@H](C)CC2)=NNC(N)=O. The first-order valence-corrected chi connectivity index (χ1v) is 7.01. The van der Waals surface area contributed by atoms with Crippen molar-refractivity contribution in [2.45, 2.75) is 45.6 Å². The second kappa shape index (κ2) is 6.41. The number of nitrogens with one attached hydrogen (secondary N) is 2. The van der Waals surface area contributed by atoms with E-state index < -0.39 is 6.03 Å². The first-order chi connectivity index (χ1) is 9.54. The molecule has 108 valence electrons. The Morgan fingerprint density at radius 2 is 2.35 bits per heavy atom. The number of carbonyl (C=O) groups excluding carboxylic acids is 1. The molecular weight excluding hydrogens is 252 g/mol. The summed E-state index contributed by atoms with van der Waals surface area (Å²) >= 11 is 0. The number of amides is 2. The number of urea groups is 1. The van der Waals surface area contributed by atoms with Crippen molar-refractivity contribution in [3.8, 4) is 0 Å². The molecule has 1 atom stereocenters. The molecule has 0 saturated heterocycles. The van der Waals surface area contributed by atoms with Gasteiger partial charge in [0.05, 0.1) is 0 Å². The number of primary amides is 1. The lowest BCUT2D eigenvalue weighted by molar-refractivity contribution is 0.249. The van der Waals surface area contributed by atoms with Gasteiger partial charge in [0.15, 0.2) is 0 Å². The van der Waals surface area contributed by atoms with Crippen molar-refractivity contribution in [3.05, 3.63) is 29.3 Å². The molecule has 1 aliphatic rings. The maximum Gasteiger partial charge on any atom is 0.332 e. The monoisotopic (exact) mass is 274 g/mol. The van der Waals surface area contributed by atoms with E-state index in [1.54, 1.807) is 0 Å². The largest absolute Gasteiger partial charge is 0.382 e. The van der Waals surface area contributed by atoms with Gasteiger partial charge < -0.3 is 11.1 Å². The summed E-state index contributed by atoms with van der Waals surface area (Å²) in [4.78, 5) is 10.6. The van der Waals surface area contributed by atoms with Crippen molar-refractivity contribution >= 4 is 17.4 Å². The van der Waals surface area contributed by atoms with Crippen LogP contribution in [-0.2, 0) is 12.8 Å². The van der Waals surface area contributed by atoms with Crippen molar-refractivity contribution in [1.82, 2.24) is 5.43 Å². The van der Waals surface area contributed by atoms with Crippen LogP contribution < -0.4 is 16.5 Å². The van der Waals surface area contributed by atoms with Crippen LogP contribution in [0.2, 0.25) is 0 Å². The summed E-state index contributed by atoms with van der Waals surface area (Å²) in [5, 5.41) is 7.44. The van der Waals surface area contributed by atoms with Crippen molar-refractivity contribution in [3.63, 3.8) is 0 Å². The van der Waals surface area contributed by atoms with Gasteiger partial charge in [-0.1, -0.05) is 12.1 Å². The van der Waals surface area contributed by atoms with Crippen LogP contribution >= 0.6 is 0 Å². The number of nitrogens with two attached hydrogens (primary N) is 1. The quantitative estimate of drug-likeness (QED) is 0.582. The van der Waals surface area contributed by atoms with E-state index >= 15 is 0 Å². The number of aryl methyl sites for hydroxylation is 2. The zero-order valence-electron chi connectivity index (χ0n) is 12.1. The second-order valence-electron chi connectivity index (χ2n) is 5.40. The smallest absolute Gasteiger partial charge is 0.332 e. The second-order valence-corrected chi connectivity index (χ2v) is 5.40. The van der Waals surface area contributed by atoms with Crippen LogP contribution in [-0.4, -0.2) is 17.8 Å². The molecule has 20 heavy (non-hydrogen) atoms. The molecule has 1 aliphatic heterocycles. The molecule has 0 unspecified atom stereocenters. The summed E-state index contributed by atoms with van der Waals surface area (Å²) in [5.41, 5.74) is 12.0. The van der Waals surface area contributed by atoms with Gasteiger partial charge in [0.1, 0.15) is 0 Å². The summed E-state index contributed by atoms with van der Waals surface area (Å²) in [5.74, 6) is 0. The molecule has 0 fully saturated rings. The summed E-state index contributed by atoms with van der Waals surface area (Å²) < 4.78 is 0. The average Bonchev–Trinajstić information content (AvgIpc) is 2.42. The lowest BCUT2D eigenvalue weighted by atomic mass is 9.96. The van der Waals surface area contributed by atoms with E-state index in [-0.39, 0.29) is 0 Å². The van der Waals surface area contributed by atoms with Gasteiger partial charge in [0, 0.05) is 17.4 Å². The van der Waals surface area contributed by atoms with Gasteiger partial charge in [-0.25, -0.2) is 10.2 Å². The normalized spacial score (nSPS) is 18.1. The van der Waals surface area contributed by atoms with Crippen molar-refractivity contribution in [2.75, 3.05) is 5.32 Å². The van der Waals surface area contributed by atoms with Crippen LogP contribution in [0.4, 0.5) is 10.5 Å². The number of anilines is 1. The molecule has 0 radical (unpaired) electrons. The summed E-state index contributed by atoms with van der Waals surface area (Å²) in [6.07, 6.45) is 4.04. The van der Waals surface area contributed by atoms with Crippen LogP contribution in [0.3, 0.4) is 0 Å². The van der Waals surface area contributed by atoms with Gasteiger partial charge >= 0.3 is 6.03 Å². The topological polar surface area (TPSA) is 79.5 Å². The number of carbonyl (C=O) groups is 1. The lowest BCUT2D eigenvalue weighted by Crippen LogP contribution is -2.25. The van der Waals surface area contributed by atoms with Crippen molar-refractivity contribution < 1.29 is 4.79 Å². The standard InChI is InChI=1S/C15H22N4O/c1-10-4-7-13-8-6-12(9-14(13)17-10)5-3-11(2)18-19-15(16)20/h6,8-10,17H,3-5,7H2,1-2H3,(H3,16,19,20)/t10-/m0/s1. The highest BCUT2D eigenvalue weighted by Crippen LogP contribution is 2.26. The van der Waals surface area contributed by atoms with Crippen LogP contribution in [0.15, 0.2) is 23.3 Å². The zero-order chi connectivity index (χ0) is 14.5. The molecule has 0 spiro atoms. The predicted molar refractivity (Wildman–Crippen MR) is 82.0 cm³/mol. The molecule has 0 aromatic heterocycles. The van der Waals surface area contributed by atoms with Crippen molar-refractivity contribution in [2.24, 2.45) is 10.8 Å². The maximum absolute atomic E-state index is 10.6. The summed E-state index contributed by atoms with van der Waals surface area (Å²) in [6.45, 7) is 4.09. The minimum absolute atomic E-state index is 0.542. The Morgan fingerprint density at radius 1 is 1.55 bits per heavy atom. The van der Waals surface area contributed by atoms with Crippen LogP contribution in [0.5, 0.6) is 0 Å². The zero-order valence-corrected chi connectivity index (χ0v) is 12.1. The van der Waals surface area contributed by atoms with Crippen molar-refractivity contribution in [1.29, 1.82) is 0 Å². The molecule has 0 bridgehead atoms. The lowest BCUT2D eigenvalue weighted by Gasteiger charge is -2.24. The predicted octanol–water partition coefficient (Wildman–Crippen LogP) is 2.41. The van der Waals surface area contributed by atoms with Gasteiger partial charge in [0.25, 0.3) is 0 Å². The molecule has 2 amide bonds. The Kier molecular flexibility index (Phi) is 4.61. The first kappa shape index (κ1) is 14.4. The number of nitrogens with zero attached hydrogens (tertiary/aromatic N) is 1. The van der Waals surface area contributed by atoms with E-state index in [1.165, 1.54) is 23.2 Å². The maximum atomic E-state index is 10.6. The highest BCUT2D eigenvalue weighted by molar-refractivity contribution is 5.83. The van der Waals surface area contributed by atoms with Gasteiger partial charge in [0.2, 0.25) is 0 Å². The summed E-state index contributed by atoms with van der Waals surface area (Å²) in [7, 11) is 0. The van der Waals surface area contributed by atoms with Crippen LogP contribution in [0.1, 0.15) is 37.8 Å². The molecule has 0 saturated carbocycles. The molecule has 5 nitrogen and oxygen atoms in total. The number of hydrogen-bond donors (Lipinski definition) is 3. The van der Waals surface area contributed by atoms with E-state index in [4.69, 9.17) is 5.73 Å². The number of rotatable bonds is 4. The Morgan fingerprint density at radius 3 is 3.10 bits per heavy atom. The third-order valence-electron chi connectivity index (χ3n) is 3.56. The summed E-state index contributed by atoms with van der Waals surface area (Å²) in [6, 6.07) is 6.51. The molecule has 5 heteroatoms. The number of benzene rings is 1. The Bertz CT molecular complexity index is 525. The molecular formula is C15H22N4O. The Hall–Kier alpha value is -2.04. The fraction of sp³-hybridized carbons (Fsp3) is 0.467. The van der Waals surface area contributed by atoms with Gasteiger partial charge in [-0.2, -0.15) is 5.10 Å². The molecule has 1 heterocycles. The first-order valence-electron chi connectivity index (χ1n) is 7.01. The van der Waals surface area contributed by atoms with Crippen LogP contribution in [0.25, 0.3) is 0 Å². The Labute approximate surface area is 119 Å². The minimum atomic E-state index is -0.628. The molecule has 4 N–H and O–H groups in total. The highest BCUT2D eigenvalue weighted by Gasteiger charge is 2.13. The fourth-order valence-corrected chi connectivity index (χ4v) is 2.37. The van der Waals surface area contributed by atoms with Gasteiger partial charge in [-0.15, -0.1) is 0 Å². The van der Waals surface area contributed by atoms with Crippen LogP contribution in [0, 0.1) is 0 Å². The van der Waals surface area contributed by atoms with E-state index in [2.05, 4.69) is 41.0 Å². The van der Waals surface area contributed by atoms with Gasteiger partial charge in [-0.05, 0) is 56.7 Å². The van der Waals surface area contributed by atoms with E-state index in [9.17, 15) is 4.79 Å². The van der Waals surface area contributed by atoms with Gasteiger partial charge in [-0.3, -0.25) is 0 Å². The molecule has 1 aromatic rings. The number of fused-ring (bicyclic) bond motifs is 1. The van der Waals surface area contributed by atoms with E-state index in [0.29, 0.717) is 6.04 Å². The van der Waals surface area contributed by atoms with E-state index in [1.807, 2.05) is 6.92 Å². The fourth-order valence-electron chi connectivity index (χ4n) is 2.37. The van der Waals surface area contributed by atoms with E-state index in [0.717, 1.165) is 25.0 Å². The highest BCUT2D eigenvalue weighted by atomic mass is 16.2. The average molecular weight is 274 g/mol. The molecule has 1 aromatic carbocycles. The minimum Gasteiger partial charge on any atom is -0.382 e. The molecule has 0 aliphatic carbocycles. The number of hydrogen-bond acceptors (Lipinski definition) is 3. The third-order valence-corrected chi connectivity index (χ3v) is 3.56. The number of hydrazone groups is 1. The molecule has 2 rings (SSSR count). The third kappa shape index (κ3) is 3.98. The Balaban J connectivity index is 1.95.